The van der Waals surface area contributed by atoms with Crippen LogP contribution in [0.2, 0.25) is 5.02 Å². The largest absolute Gasteiger partial charge is 0.495 e. The normalized spacial score (nSPS) is 13.5. The Morgan fingerprint density at radius 3 is 2.70 bits per heavy atom. The van der Waals surface area contributed by atoms with Crippen LogP contribution in [0.4, 0.5) is 5.69 Å². The third kappa shape index (κ3) is 5.10. The Morgan fingerprint density at radius 2 is 1.97 bits per heavy atom. The first-order chi connectivity index (χ1) is 15.9. The fraction of sp³-hybridized carbons (Fsp3) is 0.320. The number of aromatic nitrogens is 2. The van der Waals surface area contributed by atoms with Crippen LogP contribution in [0, 0.1) is 13.8 Å². The van der Waals surface area contributed by atoms with E-state index in [1.807, 2.05) is 25.1 Å². The molecule has 0 bridgehead atoms. The molecule has 0 unspecified atom stereocenters. The summed E-state index contributed by atoms with van der Waals surface area (Å²) in [5, 5.41) is 3.38. The number of aryl methyl sites for hydroxylation is 2. The van der Waals surface area contributed by atoms with E-state index < -0.39 is 0 Å². The zero-order valence-corrected chi connectivity index (χ0v) is 19.8. The van der Waals surface area contributed by atoms with E-state index in [4.69, 9.17) is 16.3 Å². The quantitative estimate of drug-likeness (QED) is 0.599. The van der Waals surface area contributed by atoms with Gasteiger partial charge in [-0.15, -0.1) is 0 Å². The van der Waals surface area contributed by atoms with Crippen molar-refractivity contribution >= 4 is 23.2 Å². The lowest BCUT2D eigenvalue weighted by Crippen LogP contribution is -2.39. The van der Waals surface area contributed by atoms with Crippen molar-refractivity contribution in [3.8, 4) is 5.75 Å². The van der Waals surface area contributed by atoms with Crippen molar-refractivity contribution in [1.82, 2.24) is 14.5 Å². The minimum absolute atomic E-state index is 0.122. The van der Waals surface area contributed by atoms with Gasteiger partial charge in [-0.05, 0) is 37.5 Å². The van der Waals surface area contributed by atoms with E-state index in [1.54, 1.807) is 19.1 Å². The molecule has 0 radical (unpaired) electrons. The zero-order valence-electron chi connectivity index (χ0n) is 19.0. The summed E-state index contributed by atoms with van der Waals surface area (Å²) in [6.07, 6.45) is 0.611. The van der Waals surface area contributed by atoms with Gasteiger partial charge in [0.1, 0.15) is 18.1 Å². The number of carbonyl (C=O) groups excluding carboxylic acids is 1. The van der Waals surface area contributed by atoms with E-state index in [0.29, 0.717) is 40.8 Å². The highest BCUT2D eigenvalue weighted by molar-refractivity contribution is 6.31. The predicted octanol–water partition coefficient (Wildman–Crippen LogP) is 3.72. The van der Waals surface area contributed by atoms with Crippen LogP contribution >= 0.6 is 11.6 Å². The van der Waals surface area contributed by atoms with Crippen LogP contribution in [0.15, 0.2) is 47.3 Å². The number of rotatable bonds is 6. The van der Waals surface area contributed by atoms with Gasteiger partial charge in [0.05, 0.1) is 18.5 Å². The van der Waals surface area contributed by atoms with Gasteiger partial charge in [0, 0.05) is 36.3 Å². The maximum absolute atomic E-state index is 13.2. The molecular weight excluding hydrogens is 440 g/mol. The molecule has 0 saturated carbocycles. The lowest BCUT2D eigenvalue weighted by Gasteiger charge is -2.28. The van der Waals surface area contributed by atoms with Gasteiger partial charge in [-0.1, -0.05) is 41.9 Å². The van der Waals surface area contributed by atoms with Gasteiger partial charge in [-0.3, -0.25) is 19.1 Å². The van der Waals surface area contributed by atoms with Crippen molar-refractivity contribution in [3.63, 3.8) is 0 Å². The second-order valence-corrected chi connectivity index (χ2v) is 8.68. The molecular formula is C25H27ClN4O3. The Morgan fingerprint density at radius 1 is 1.21 bits per heavy atom. The molecule has 4 rings (SSSR count). The highest BCUT2D eigenvalue weighted by Gasteiger charge is 2.23. The minimum Gasteiger partial charge on any atom is -0.495 e. The zero-order chi connectivity index (χ0) is 23.5. The number of nitrogens with zero attached hydrogens (tertiary/aromatic N) is 3. The van der Waals surface area contributed by atoms with E-state index in [-0.39, 0.29) is 18.0 Å². The van der Waals surface area contributed by atoms with Crippen molar-refractivity contribution in [2.24, 2.45) is 0 Å². The molecule has 1 amide bonds. The predicted molar refractivity (Wildman–Crippen MR) is 129 cm³/mol. The molecule has 0 saturated heterocycles. The Hall–Kier alpha value is -3.16. The molecule has 1 N–H and O–H groups in total. The number of halogens is 1. The number of hydrogen-bond acceptors (Lipinski definition) is 5. The third-order valence-corrected chi connectivity index (χ3v) is 6.30. The Bertz CT molecular complexity index is 1240. The van der Waals surface area contributed by atoms with Crippen LogP contribution in [-0.2, 0) is 30.8 Å². The molecule has 1 aliphatic rings. The monoisotopic (exact) mass is 466 g/mol. The topological polar surface area (TPSA) is 76.5 Å². The van der Waals surface area contributed by atoms with E-state index in [9.17, 15) is 9.59 Å². The molecule has 33 heavy (non-hydrogen) atoms. The summed E-state index contributed by atoms with van der Waals surface area (Å²) in [4.78, 5) is 32.9. The number of carbonyl (C=O) groups is 1. The molecule has 0 atom stereocenters. The number of nitrogens with one attached hydrogen (secondary N) is 1. The average Bonchev–Trinajstić information content (AvgIpc) is 2.79. The summed E-state index contributed by atoms with van der Waals surface area (Å²) >= 11 is 6.15. The third-order valence-electron chi connectivity index (χ3n) is 5.90. The molecule has 2 aromatic carbocycles. The second kappa shape index (κ2) is 9.77. The van der Waals surface area contributed by atoms with Gasteiger partial charge >= 0.3 is 0 Å². The molecule has 0 spiro atoms. The van der Waals surface area contributed by atoms with Crippen LogP contribution < -0.4 is 15.6 Å². The summed E-state index contributed by atoms with van der Waals surface area (Å²) in [6, 6.07) is 13.7. The summed E-state index contributed by atoms with van der Waals surface area (Å²) in [5.41, 5.74) is 3.90. The van der Waals surface area contributed by atoms with E-state index in [1.165, 1.54) is 17.2 Å². The lowest BCUT2D eigenvalue weighted by atomic mass is 10.1. The van der Waals surface area contributed by atoms with E-state index in [2.05, 4.69) is 27.3 Å². The second-order valence-electron chi connectivity index (χ2n) is 8.27. The van der Waals surface area contributed by atoms with Crippen LogP contribution in [0.1, 0.15) is 28.2 Å². The number of amides is 1. The molecule has 172 valence electrons. The fourth-order valence-corrected chi connectivity index (χ4v) is 4.28. The first-order valence-corrected chi connectivity index (χ1v) is 11.2. The summed E-state index contributed by atoms with van der Waals surface area (Å²) < 4.78 is 6.76. The highest BCUT2D eigenvalue weighted by Crippen LogP contribution is 2.31. The minimum atomic E-state index is -0.330. The molecule has 0 fully saturated rings. The number of methoxy groups -OCH3 is 1. The molecule has 7 nitrogen and oxygen atoms in total. The van der Waals surface area contributed by atoms with Crippen molar-refractivity contribution in [2.45, 2.75) is 39.9 Å². The number of benzene rings is 2. The van der Waals surface area contributed by atoms with E-state index >= 15 is 0 Å². The maximum Gasteiger partial charge on any atom is 0.257 e. The summed E-state index contributed by atoms with van der Waals surface area (Å²) in [6.45, 7) is 5.70. The van der Waals surface area contributed by atoms with Crippen molar-refractivity contribution in [3.05, 3.63) is 86.0 Å². The molecule has 8 heteroatoms. The van der Waals surface area contributed by atoms with Crippen molar-refractivity contribution in [1.29, 1.82) is 0 Å². The molecule has 1 aromatic heterocycles. The van der Waals surface area contributed by atoms with Gasteiger partial charge in [-0.2, -0.15) is 0 Å². The number of hydrogen-bond donors (Lipinski definition) is 1. The van der Waals surface area contributed by atoms with Crippen LogP contribution in [0.5, 0.6) is 5.75 Å². The molecule has 3 aromatic rings. The molecule has 0 aliphatic carbocycles. The van der Waals surface area contributed by atoms with Gasteiger partial charge < -0.3 is 10.1 Å². The number of anilines is 1. The molecule has 1 aliphatic heterocycles. The lowest BCUT2D eigenvalue weighted by molar-refractivity contribution is -0.116. The van der Waals surface area contributed by atoms with Crippen molar-refractivity contribution in [2.75, 3.05) is 19.0 Å². The standard InChI is InChI=1S/C25H27ClN4O3/c1-16-11-21(23(33-3)12-20(16)26)28-24(31)15-30-17(2)27-22-14-29(10-9-19(22)25(30)32)13-18-7-5-4-6-8-18/h4-8,11-12H,9-10,13-15H2,1-3H3,(H,28,31). The Labute approximate surface area is 198 Å². The highest BCUT2D eigenvalue weighted by atomic mass is 35.5. The van der Waals surface area contributed by atoms with Crippen molar-refractivity contribution < 1.29 is 9.53 Å². The van der Waals surface area contributed by atoms with Gasteiger partial charge in [0.25, 0.3) is 5.56 Å². The Balaban J connectivity index is 1.51. The van der Waals surface area contributed by atoms with Gasteiger partial charge in [0.15, 0.2) is 0 Å². The maximum atomic E-state index is 13.2. The SMILES string of the molecule is COc1cc(Cl)c(C)cc1NC(=O)Cn1c(C)nc2c(c1=O)CCN(Cc1ccccc1)C2. The average molecular weight is 467 g/mol. The summed E-state index contributed by atoms with van der Waals surface area (Å²) in [7, 11) is 1.51. The molecule has 2 heterocycles. The Kier molecular flexibility index (Phi) is 6.81. The summed E-state index contributed by atoms with van der Waals surface area (Å²) in [5.74, 6) is 0.656. The smallest absolute Gasteiger partial charge is 0.257 e. The first-order valence-electron chi connectivity index (χ1n) is 10.8. The first kappa shape index (κ1) is 23.0. The van der Waals surface area contributed by atoms with Crippen LogP contribution in [0.3, 0.4) is 0 Å². The number of ether oxygens (including phenoxy) is 1. The van der Waals surface area contributed by atoms with Gasteiger partial charge in [-0.25, -0.2) is 4.98 Å². The van der Waals surface area contributed by atoms with E-state index in [0.717, 1.165) is 24.3 Å². The van der Waals surface area contributed by atoms with Crippen LogP contribution in [-0.4, -0.2) is 34.0 Å². The van der Waals surface area contributed by atoms with Crippen LogP contribution in [0.25, 0.3) is 0 Å². The van der Waals surface area contributed by atoms with Gasteiger partial charge in [0.2, 0.25) is 5.91 Å². The number of fused-ring (bicyclic) bond motifs is 1. The fourth-order valence-electron chi connectivity index (χ4n) is 4.13.